The molecule has 6 rings (SSSR count). The van der Waals surface area contributed by atoms with Crippen molar-refractivity contribution in [2.75, 3.05) is 5.32 Å². The third-order valence-electron chi connectivity index (χ3n) is 6.78. The Morgan fingerprint density at radius 3 is 2.72 bits per heavy atom. The summed E-state index contributed by atoms with van der Waals surface area (Å²) in [6, 6.07) is 21.7. The molecule has 1 unspecified atom stereocenters. The number of nitrogens with zero attached hydrogens (tertiary/aromatic N) is 3. The van der Waals surface area contributed by atoms with Crippen molar-refractivity contribution < 1.29 is 9.59 Å². The number of carbonyl (C=O) groups is 2. The van der Waals surface area contributed by atoms with Crippen molar-refractivity contribution in [3.8, 4) is 5.69 Å². The number of Topliss-reactive ketones (excluding diaryl/α,β-unsaturated/α-hetero) is 1. The van der Waals surface area contributed by atoms with Gasteiger partial charge in [-0.3, -0.25) is 14.2 Å². The number of fused-ring (bicyclic) bond motifs is 4. The van der Waals surface area contributed by atoms with Crippen LogP contribution in [0.25, 0.3) is 11.3 Å². The van der Waals surface area contributed by atoms with Gasteiger partial charge in [0.05, 0.1) is 12.1 Å². The summed E-state index contributed by atoms with van der Waals surface area (Å²) in [5.74, 6) is 1.36. The Morgan fingerprint density at radius 2 is 1.89 bits per heavy atom. The smallest absolute Gasteiger partial charge is 0.228 e. The molecule has 3 aromatic carbocycles. The summed E-state index contributed by atoms with van der Waals surface area (Å²) in [4.78, 5) is 25.0. The molecule has 2 aliphatic heterocycles. The van der Waals surface area contributed by atoms with E-state index in [2.05, 4.69) is 38.3 Å². The number of hydrogen-bond donors (Lipinski definition) is 1. The zero-order valence-electron chi connectivity index (χ0n) is 19.7. The summed E-state index contributed by atoms with van der Waals surface area (Å²) in [7, 11) is 0. The molecule has 0 saturated carbocycles. The maximum atomic E-state index is 13.3. The van der Waals surface area contributed by atoms with E-state index in [1.165, 1.54) is 0 Å². The number of ketones is 1. The number of nitrogens with one attached hydrogen (secondary N) is 1. The number of amides is 1. The van der Waals surface area contributed by atoms with E-state index in [0.29, 0.717) is 17.9 Å². The van der Waals surface area contributed by atoms with Gasteiger partial charge in [0.2, 0.25) is 5.91 Å². The molecule has 1 atom stereocenters. The minimum Gasteiger partial charge on any atom is -0.326 e. The Bertz CT molecular complexity index is 1550. The number of aromatic nitrogens is 3. The predicted molar refractivity (Wildman–Crippen MR) is 139 cm³/mol. The highest BCUT2D eigenvalue weighted by Crippen LogP contribution is 2.38. The van der Waals surface area contributed by atoms with Crippen molar-refractivity contribution in [1.29, 1.82) is 0 Å². The van der Waals surface area contributed by atoms with E-state index in [1.54, 1.807) is 0 Å². The summed E-state index contributed by atoms with van der Waals surface area (Å²) in [6.45, 7) is 1.93. The summed E-state index contributed by atoms with van der Waals surface area (Å²) in [5.41, 5.74) is 6.78. The van der Waals surface area contributed by atoms with Gasteiger partial charge in [0, 0.05) is 35.0 Å². The molecule has 1 amide bonds. The van der Waals surface area contributed by atoms with Crippen molar-refractivity contribution >= 4 is 34.6 Å². The highest BCUT2D eigenvalue weighted by molar-refractivity contribution is 6.30. The Labute approximate surface area is 213 Å². The first-order valence-electron chi connectivity index (χ1n) is 11.9. The SMILES string of the molecule is Cc1nnc2n1-c1ccccc1C(c1ccc(Cl)cc1)=CC2CC(=O)Cc1ccc2c(c1)CC(=O)N2. The van der Waals surface area contributed by atoms with Gasteiger partial charge in [0.25, 0.3) is 0 Å². The fourth-order valence-electron chi connectivity index (χ4n) is 5.15. The van der Waals surface area contributed by atoms with Gasteiger partial charge in [-0.05, 0) is 53.5 Å². The van der Waals surface area contributed by atoms with Crippen molar-refractivity contribution in [3.05, 3.63) is 112 Å². The van der Waals surface area contributed by atoms with Crippen molar-refractivity contribution in [3.63, 3.8) is 0 Å². The predicted octanol–water partition coefficient (Wildman–Crippen LogP) is 5.45. The van der Waals surface area contributed by atoms with Crippen LogP contribution in [0.5, 0.6) is 0 Å². The number of halogens is 1. The van der Waals surface area contributed by atoms with Crippen LogP contribution in [0.4, 0.5) is 5.69 Å². The van der Waals surface area contributed by atoms with Crippen LogP contribution in [0, 0.1) is 6.92 Å². The second-order valence-corrected chi connectivity index (χ2v) is 9.72. The maximum Gasteiger partial charge on any atom is 0.228 e. The number of carbonyl (C=O) groups excluding carboxylic acids is 2. The lowest BCUT2D eigenvalue weighted by molar-refractivity contribution is -0.118. The highest BCUT2D eigenvalue weighted by Gasteiger charge is 2.28. The van der Waals surface area contributed by atoms with E-state index >= 15 is 0 Å². The Kier molecular flexibility index (Phi) is 5.53. The van der Waals surface area contributed by atoms with E-state index in [-0.39, 0.29) is 24.0 Å². The fourth-order valence-corrected chi connectivity index (χ4v) is 5.27. The molecule has 1 N–H and O–H groups in total. The maximum absolute atomic E-state index is 13.3. The first kappa shape index (κ1) is 22.4. The molecule has 178 valence electrons. The molecule has 0 aliphatic carbocycles. The summed E-state index contributed by atoms with van der Waals surface area (Å²) >= 11 is 6.17. The fraction of sp³-hybridized carbons (Fsp3) is 0.172. The molecule has 36 heavy (non-hydrogen) atoms. The van der Waals surface area contributed by atoms with Crippen LogP contribution in [0.15, 0.2) is 72.8 Å². The van der Waals surface area contributed by atoms with Crippen LogP contribution in [-0.2, 0) is 22.4 Å². The number of benzene rings is 3. The number of rotatable bonds is 5. The number of hydrogen-bond acceptors (Lipinski definition) is 4. The van der Waals surface area contributed by atoms with Crippen LogP contribution in [0.3, 0.4) is 0 Å². The molecule has 0 bridgehead atoms. The van der Waals surface area contributed by atoms with Crippen LogP contribution in [-0.4, -0.2) is 26.5 Å². The summed E-state index contributed by atoms with van der Waals surface area (Å²) in [6.07, 6.45) is 3.08. The number of allylic oxidation sites excluding steroid dienone is 1. The van der Waals surface area contributed by atoms with Crippen molar-refractivity contribution in [2.24, 2.45) is 0 Å². The van der Waals surface area contributed by atoms with Crippen molar-refractivity contribution in [1.82, 2.24) is 14.8 Å². The van der Waals surface area contributed by atoms with E-state index < -0.39 is 0 Å². The average Bonchev–Trinajstić information content (AvgIpc) is 3.39. The van der Waals surface area contributed by atoms with Gasteiger partial charge in [-0.15, -0.1) is 10.2 Å². The first-order valence-corrected chi connectivity index (χ1v) is 12.3. The van der Waals surface area contributed by atoms with E-state index in [4.69, 9.17) is 11.6 Å². The minimum atomic E-state index is -0.255. The third kappa shape index (κ3) is 4.03. The molecule has 0 saturated heterocycles. The zero-order valence-corrected chi connectivity index (χ0v) is 20.4. The molecule has 0 radical (unpaired) electrons. The lowest BCUT2D eigenvalue weighted by atomic mass is 9.91. The van der Waals surface area contributed by atoms with Crippen LogP contribution in [0.1, 0.15) is 46.2 Å². The molecule has 0 spiro atoms. The standard InChI is InChI=1S/C29H23ClN4O2/c1-17-32-33-29-21(14-23(35)13-18-6-11-26-20(12-18)16-28(36)31-26)15-25(19-7-9-22(30)10-8-19)24-4-2-3-5-27(24)34(17)29/h2-12,15,21H,13-14,16H2,1H3,(H,31,36). The molecule has 0 fully saturated rings. The normalized spacial score (nSPS) is 15.9. The van der Waals surface area contributed by atoms with Gasteiger partial charge in [-0.1, -0.05) is 60.1 Å². The van der Waals surface area contributed by atoms with Crippen molar-refractivity contribution in [2.45, 2.75) is 32.1 Å². The second kappa shape index (κ2) is 8.88. The summed E-state index contributed by atoms with van der Waals surface area (Å²) < 4.78 is 2.05. The van der Waals surface area contributed by atoms with Crippen LogP contribution >= 0.6 is 11.6 Å². The molecule has 1 aromatic heterocycles. The van der Waals surface area contributed by atoms with E-state index in [1.807, 2.05) is 61.5 Å². The lowest BCUT2D eigenvalue weighted by Crippen LogP contribution is -2.12. The van der Waals surface area contributed by atoms with Gasteiger partial charge in [0.15, 0.2) is 0 Å². The molecule has 7 heteroatoms. The lowest BCUT2D eigenvalue weighted by Gasteiger charge is -2.13. The van der Waals surface area contributed by atoms with Gasteiger partial charge in [0.1, 0.15) is 17.4 Å². The Balaban J connectivity index is 1.38. The largest absolute Gasteiger partial charge is 0.326 e. The quantitative estimate of drug-likeness (QED) is 0.400. The molecule has 2 aliphatic rings. The molecular weight excluding hydrogens is 472 g/mol. The monoisotopic (exact) mass is 494 g/mol. The average molecular weight is 495 g/mol. The summed E-state index contributed by atoms with van der Waals surface area (Å²) in [5, 5.41) is 12.4. The molecular formula is C29H23ClN4O2. The molecule has 3 heterocycles. The first-order chi connectivity index (χ1) is 17.5. The topological polar surface area (TPSA) is 76.9 Å². The van der Waals surface area contributed by atoms with Gasteiger partial charge in [-0.25, -0.2) is 0 Å². The van der Waals surface area contributed by atoms with Gasteiger partial charge in [-0.2, -0.15) is 0 Å². The molecule has 6 nitrogen and oxygen atoms in total. The Hall–Kier alpha value is -4.03. The number of aryl methyl sites for hydroxylation is 1. The van der Waals surface area contributed by atoms with Gasteiger partial charge < -0.3 is 5.32 Å². The third-order valence-corrected chi connectivity index (χ3v) is 7.04. The molecule has 4 aromatic rings. The highest BCUT2D eigenvalue weighted by atomic mass is 35.5. The second-order valence-electron chi connectivity index (χ2n) is 9.29. The van der Waals surface area contributed by atoms with E-state index in [9.17, 15) is 9.59 Å². The van der Waals surface area contributed by atoms with Crippen LogP contribution in [0.2, 0.25) is 5.02 Å². The zero-order chi connectivity index (χ0) is 24.8. The van der Waals surface area contributed by atoms with E-state index in [0.717, 1.165) is 50.9 Å². The van der Waals surface area contributed by atoms with Crippen LogP contribution < -0.4 is 5.32 Å². The number of anilines is 1. The minimum absolute atomic E-state index is 0.0129. The number of para-hydroxylation sites is 1. The Morgan fingerprint density at radius 1 is 1.08 bits per heavy atom. The van der Waals surface area contributed by atoms with Gasteiger partial charge >= 0.3 is 0 Å².